The summed E-state index contributed by atoms with van der Waals surface area (Å²) in [7, 11) is 0. The Morgan fingerprint density at radius 3 is 2.79 bits per heavy atom. The van der Waals surface area contributed by atoms with Crippen LogP contribution in [0.2, 0.25) is 0 Å². The fourth-order valence-corrected chi connectivity index (χ4v) is 1.65. The summed E-state index contributed by atoms with van der Waals surface area (Å²) in [6, 6.07) is 6.72. The molecule has 1 heterocycles. The van der Waals surface area contributed by atoms with E-state index in [4.69, 9.17) is 9.84 Å². The monoisotopic (exact) mass is 262 g/mol. The molecule has 2 aromatic rings. The highest BCUT2D eigenvalue weighted by molar-refractivity contribution is 5.87. The van der Waals surface area contributed by atoms with Crippen LogP contribution in [0.1, 0.15) is 17.4 Å². The number of benzene rings is 1. The van der Waals surface area contributed by atoms with Gasteiger partial charge in [0.1, 0.15) is 17.8 Å². The first-order valence-corrected chi connectivity index (χ1v) is 5.61. The fraction of sp³-hybridized carbons (Fsp3) is 0.154. The lowest BCUT2D eigenvalue weighted by molar-refractivity contribution is 0.0684. The number of halogens is 1. The Labute approximate surface area is 108 Å². The minimum atomic E-state index is -1.44. The van der Waals surface area contributed by atoms with Gasteiger partial charge in [-0.2, -0.15) is 0 Å². The van der Waals surface area contributed by atoms with Crippen molar-refractivity contribution in [2.24, 2.45) is 0 Å². The molecule has 0 saturated heterocycles. The van der Waals surface area contributed by atoms with Crippen LogP contribution in [-0.2, 0) is 0 Å². The van der Waals surface area contributed by atoms with Gasteiger partial charge in [0.25, 0.3) is 0 Å². The predicted molar refractivity (Wildman–Crippen MR) is 65.6 cm³/mol. The minimum Gasteiger partial charge on any atom is -0.493 e. The first kappa shape index (κ1) is 12.9. The van der Waals surface area contributed by atoms with Crippen LogP contribution in [0.25, 0.3) is 11.3 Å². The van der Waals surface area contributed by atoms with Crippen LogP contribution >= 0.6 is 0 Å². The van der Waals surface area contributed by atoms with Crippen molar-refractivity contribution in [1.82, 2.24) is 9.97 Å². The Bertz CT molecular complexity index is 617. The van der Waals surface area contributed by atoms with E-state index in [0.717, 1.165) is 6.33 Å². The lowest BCUT2D eigenvalue weighted by atomic mass is 10.1. The number of hydrogen-bond donors (Lipinski definition) is 1. The second kappa shape index (κ2) is 5.43. The zero-order valence-corrected chi connectivity index (χ0v) is 10.1. The number of carboxylic acid groups (broad SMARTS) is 1. The Balaban J connectivity index is 2.59. The second-order valence-corrected chi connectivity index (χ2v) is 3.62. The van der Waals surface area contributed by atoms with Crippen LogP contribution in [0.4, 0.5) is 4.39 Å². The van der Waals surface area contributed by atoms with E-state index >= 15 is 0 Å². The molecule has 0 aliphatic carbocycles. The second-order valence-electron chi connectivity index (χ2n) is 3.62. The molecule has 0 aliphatic heterocycles. The molecule has 2 rings (SSSR count). The van der Waals surface area contributed by atoms with Crippen LogP contribution in [0.5, 0.6) is 5.75 Å². The SMILES string of the molecule is CCOc1ccccc1-c1ncnc(C(=O)O)c1F. The largest absolute Gasteiger partial charge is 0.493 e. The standard InChI is InChI=1S/C13H11FN2O3/c1-2-19-9-6-4-3-5-8(9)11-10(14)12(13(17)18)16-7-15-11/h3-7H,2H2,1H3,(H,17,18). The number of ether oxygens (including phenoxy) is 1. The van der Waals surface area contributed by atoms with Gasteiger partial charge in [0, 0.05) is 5.56 Å². The summed E-state index contributed by atoms with van der Waals surface area (Å²) in [4.78, 5) is 18.1. The summed E-state index contributed by atoms with van der Waals surface area (Å²) in [6.07, 6.45) is 1.02. The summed E-state index contributed by atoms with van der Waals surface area (Å²) in [5.41, 5.74) is -0.348. The summed E-state index contributed by atoms with van der Waals surface area (Å²) in [5, 5.41) is 8.85. The maximum Gasteiger partial charge on any atom is 0.357 e. The van der Waals surface area contributed by atoms with Crippen molar-refractivity contribution in [2.45, 2.75) is 6.92 Å². The Kier molecular flexibility index (Phi) is 3.70. The highest BCUT2D eigenvalue weighted by atomic mass is 19.1. The van der Waals surface area contributed by atoms with Crippen molar-refractivity contribution in [3.8, 4) is 17.0 Å². The van der Waals surface area contributed by atoms with Gasteiger partial charge < -0.3 is 9.84 Å². The van der Waals surface area contributed by atoms with Crippen molar-refractivity contribution in [1.29, 1.82) is 0 Å². The van der Waals surface area contributed by atoms with Crippen LogP contribution < -0.4 is 4.74 Å². The summed E-state index contributed by atoms with van der Waals surface area (Å²) >= 11 is 0. The van der Waals surface area contributed by atoms with Gasteiger partial charge in [0.2, 0.25) is 0 Å². The van der Waals surface area contributed by atoms with E-state index in [0.29, 0.717) is 17.9 Å². The quantitative estimate of drug-likeness (QED) is 0.915. The lowest BCUT2D eigenvalue weighted by Crippen LogP contribution is -2.07. The van der Waals surface area contributed by atoms with Crippen LogP contribution in [-0.4, -0.2) is 27.7 Å². The molecule has 0 radical (unpaired) electrons. The summed E-state index contributed by atoms with van der Waals surface area (Å²) in [6.45, 7) is 2.21. The van der Waals surface area contributed by atoms with E-state index in [2.05, 4.69) is 9.97 Å². The molecule has 5 nitrogen and oxygen atoms in total. The van der Waals surface area contributed by atoms with Gasteiger partial charge in [-0.05, 0) is 19.1 Å². The fourth-order valence-electron chi connectivity index (χ4n) is 1.65. The predicted octanol–water partition coefficient (Wildman–Crippen LogP) is 2.38. The van der Waals surface area contributed by atoms with Crippen LogP contribution in [0, 0.1) is 5.82 Å². The molecule has 19 heavy (non-hydrogen) atoms. The van der Waals surface area contributed by atoms with E-state index in [1.807, 2.05) is 0 Å². The van der Waals surface area contributed by atoms with Gasteiger partial charge >= 0.3 is 5.97 Å². The average Bonchev–Trinajstić information content (AvgIpc) is 2.40. The summed E-state index contributed by atoms with van der Waals surface area (Å²) in [5.74, 6) is -1.96. The Hall–Kier alpha value is -2.50. The third kappa shape index (κ3) is 2.52. The van der Waals surface area contributed by atoms with E-state index in [-0.39, 0.29) is 5.69 Å². The molecule has 0 fully saturated rings. The zero-order chi connectivity index (χ0) is 13.8. The van der Waals surface area contributed by atoms with Gasteiger partial charge in [0.15, 0.2) is 11.5 Å². The van der Waals surface area contributed by atoms with Crippen molar-refractivity contribution < 1.29 is 19.0 Å². The van der Waals surface area contributed by atoms with E-state index in [9.17, 15) is 9.18 Å². The molecule has 0 saturated carbocycles. The molecular formula is C13H11FN2O3. The van der Waals surface area contributed by atoms with Crippen LogP contribution in [0.3, 0.4) is 0 Å². The first-order valence-electron chi connectivity index (χ1n) is 5.61. The molecule has 0 amide bonds. The van der Waals surface area contributed by atoms with Crippen molar-refractivity contribution in [3.63, 3.8) is 0 Å². The molecule has 0 aliphatic rings. The normalized spacial score (nSPS) is 10.2. The maximum atomic E-state index is 14.1. The Morgan fingerprint density at radius 2 is 2.11 bits per heavy atom. The lowest BCUT2D eigenvalue weighted by Gasteiger charge is -2.10. The number of para-hydroxylation sites is 1. The van der Waals surface area contributed by atoms with E-state index in [1.54, 1.807) is 31.2 Å². The summed E-state index contributed by atoms with van der Waals surface area (Å²) < 4.78 is 19.4. The van der Waals surface area contributed by atoms with Crippen molar-refractivity contribution >= 4 is 5.97 Å². The van der Waals surface area contributed by atoms with Gasteiger partial charge in [0.05, 0.1) is 6.61 Å². The third-order valence-electron chi connectivity index (χ3n) is 2.43. The van der Waals surface area contributed by atoms with Crippen molar-refractivity contribution in [2.75, 3.05) is 6.61 Å². The number of carboxylic acids is 1. The topological polar surface area (TPSA) is 72.3 Å². The van der Waals surface area contributed by atoms with Gasteiger partial charge in [-0.3, -0.25) is 0 Å². The average molecular weight is 262 g/mol. The maximum absolute atomic E-state index is 14.1. The smallest absolute Gasteiger partial charge is 0.357 e. The molecular weight excluding hydrogens is 251 g/mol. The molecule has 98 valence electrons. The van der Waals surface area contributed by atoms with E-state index < -0.39 is 17.5 Å². The number of aromatic carboxylic acids is 1. The molecule has 1 N–H and O–H groups in total. The molecule has 0 spiro atoms. The Morgan fingerprint density at radius 1 is 1.37 bits per heavy atom. The number of aromatic nitrogens is 2. The highest BCUT2D eigenvalue weighted by Crippen LogP contribution is 2.30. The molecule has 0 bridgehead atoms. The van der Waals surface area contributed by atoms with Gasteiger partial charge in [-0.15, -0.1) is 0 Å². The van der Waals surface area contributed by atoms with Crippen LogP contribution in [0.15, 0.2) is 30.6 Å². The molecule has 1 aromatic heterocycles. The third-order valence-corrected chi connectivity index (χ3v) is 2.43. The minimum absolute atomic E-state index is 0.0866. The van der Waals surface area contributed by atoms with Gasteiger partial charge in [-0.1, -0.05) is 12.1 Å². The molecule has 1 aromatic carbocycles. The molecule has 0 unspecified atom stereocenters. The number of carbonyl (C=O) groups is 1. The molecule has 0 atom stereocenters. The van der Waals surface area contributed by atoms with Gasteiger partial charge in [-0.25, -0.2) is 19.2 Å². The number of nitrogens with zero attached hydrogens (tertiary/aromatic N) is 2. The van der Waals surface area contributed by atoms with Crippen molar-refractivity contribution in [3.05, 3.63) is 42.1 Å². The first-order chi connectivity index (χ1) is 9.15. The number of hydrogen-bond acceptors (Lipinski definition) is 4. The molecule has 6 heteroatoms. The number of rotatable bonds is 4. The van der Waals surface area contributed by atoms with E-state index in [1.165, 1.54) is 0 Å². The highest BCUT2D eigenvalue weighted by Gasteiger charge is 2.20. The zero-order valence-electron chi connectivity index (χ0n) is 10.1.